The van der Waals surface area contributed by atoms with Gasteiger partial charge in [-0.1, -0.05) is 48.8 Å². The van der Waals surface area contributed by atoms with Crippen molar-refractivity contribution >= 4 is 49.1 Å². The van der Waals surface area contributed by atoms with Gasteiger partial charge in [-0.3, -0.25) is 14.3 Å². The Labute approximate surface area is 279 Å². The second-order valence-electron chi connectivity index (χ2n) is 11.6. The lowest BCUT2D eigenvalue weighted by Crippen LogP contribution is -2.63. The average molecular weight is 739 g/mol. The molecule has 10 nitrogen and oxygen atoms in total. The van der Waals surface area contributed by atoms with Gasteiger partial charge in [-0.15, -0.1) is 11.3 Å². The number of carbonyl (C=O) groups excluding carboxylic acids is 2. The molecule has 0 aliphatic carbocycles. The van der Waals surface area contributed by atoms with E-state index in [1.54, 1.807) is 17.6 Å². The van der Waals surface area contributed by atoms with Crippen LogP contribution in [0, 0.1) is 11.6 Å². The number of ether oxygens (including phenoxy) is 1. The first-order valence-electron chi connectivity index (χ1n) is 14.2. The number of thiazole rings is 1. The topological polar surface area (TPSA) is 123 Å². The van der Waals surface area contributed by atoms with Crippen molar-refractivity contribution < 1.29 is 31.5 Å². The summed E-state index contributed by atoms with van der Waals surface area (Å²) in [5.74, 6) is -3.93. The summed E-state index contributed by atoms with van der Waals surface area (Å²) in [6.45, 7) is 5.22. The summed E-state index contributed by atoms with van der Waals surface area (Å²) >= 11 is 4.67. The molecule has 1 atom stereocenters. The number of sulfonamides is 1. The van der Waals surface area contributed by atoms with Gasteiger partial charge in [0.1, 0.15) is 27.1 Å². The molecule has 0 saturated carbocycles. The minimum absolute atomic E-state index is 0.140. The summed E-state index contributed by atoms with van der Waals surface area (Å²) in [5, 5.41) is 6.31. The van der Waals surface area contributed by atoms with Crippen LogP contribution in [0.1, 0.15) is 54.5 Å². The van der Waals surface area contributed by atoms with Crippen LogP contribution in [0.15, 0.2) is 75.8 Å². The third-order valence-electron chi connectivity index (χ3n) is 7.33. The predicted octanol–water partition coefficient (Wildman–Crippen LogP) is 5.69. The number of halogens is 3. The molecule has 0 spiro atoms. The SMILES string of the molecule is COCCCC(Cn1cccn1)(C(=O)NS(=O)(=O)c1ccccc1F)N(Cc1nccs1)C(=O)c1cc(Br)c(C(C)(C)C)cc1F. The highest BCUT2D eigenvalue weighted by Crippen LogP contribution is 2.35. The summed E-state index contributed by atoms with van der Waals surface area (Å²) < 4.78 is 66.6. The van der Waals surface area contributed by atoms with Crippen molar-refractivity contribution in [1.29, 1.82) is 0 Å². The number of hydrogen-bond acceptors (Lipinski definition) is 8. The highest BCUT2D eigenvalue weighted by Gasteiger charge is 2.49. The molecule has 246 valence electrons. The molecule has 0 radical (unpaired) electrons. The van der Waals surface area contributed by atoms with Crippen molar-refractivity contribution in [2.24, 2.45) is 0 Å². The highest BCUT2D eigenvalue weighted by atomic mass is 79.9. The quantitative estimate of drug-likeness (QED) is 0.175. The highest BCUT2D eigenvalue weighted by molar-refractivity contribution is 9.10. The van der Waals surface area contributed by atoms with Gasteiger partial charge in [-0.05, 0) is 54.2 Å². The van der Waals surface area contributed by atoms with Gasteiger partial charge in [-0.25, -0.2) is 26.9 Å². The summed E-state index contributed by atoms with van der Waals surface area (Å²) in [6, 6.07) is 8.83. The van der Waals surface area contributed by atoms with Crippen LogP contribution in [0.2, 0.25) is 0 Å². The number of carbonyl (C=O) groups is 2. The molecule has 1 unspecified atom stereocenters. The van der Waals surface area contributed by atoms with E-state index in [0.717, 1.165) is 17.0 Å². The van der Waals surface area contributed by atoms with E-state index >= 15 is 4.39 Å². The van der Waals surface area contributed by atoms with Gasteiger partial charge in [0.2, 0.25) is 0 Å². The molecule has 0 bridgehead atoms. The van der Waals surface area contributed by atoms with Crippen LogP contribution in [-0.4, -0.2) is 59.2 Å². The Morgan fingerprint density at radius 2 is 1.85 bits per heavy atom. The number of hydrogen-bond donors (Lipinski definition) is 1. The maximum Gasteiger partial charge on any atom is 0.267 e. The Hall–Kier alpha value is -3.53. The summed E-state index contributed by atoms with van der Waals surface area (Å²) in [7, 11) is -3.32. The molecule has 2 aromatic carbocycles. The van der Waals surface area contributed by atoms with Crippen molar-refractivity contribution in [2.45, 2.75) is 62.6 Å². The Bertz CT molecular complexity index is 1780. The van der Waals surface area contributed by atoms with Crippen molar-refractivity contribution in [2.75, 3.05) is 13.7 Å². The smallest absolute Gasteiger partial charge is 0.267 e. The Morgan fingerprint density at radius 1 is 1.11 bits per heavy atom. The zero-order valence-electron chi connectivity index (χ0n) is 25.7. The number of rotatable bonds is 13. The van der Waals surface area contributed by atoms with E-state index in [9.17, 15) is 22.4 Å². The van der Waals surface area contributed by atoms with Crippen LogP contribution in [-0.2, 0) is 38.1 Å². The maximum atomic E-state index is 15.9. The summed E-state index contributed by atoms with van der Waals surface area (Å²) in [4.78, 5) is 33.8. The number of methoxy groups -OCH3 is 1. The van der Waals surface area contributed by atoms with Gasteiger partial charge in [0.05, 0.1) is 18.7 Å². The normalized spacial score (nSPS) is 13.3. The molecule has 0 aliphatic rings. The van der Waals surface area contributed by atoms with Gasteiger partial charge in [0.25, 0.3) is 21.8 Å². The fourth-order valence-corrected chi connectivity index (χ4v) is 7.70. The monoisotopic (exact) mass is 737 g/mol. The Balaban J connectivity index is 1.94. The minimum atomic E-state index is -4.77. The number of nitrogens with one attached hydrogen (secondary N) is 1. The molecule has 15 heteroatoms. The van der Waals surface area contributed by atoms with Gasteiger partial charge in [0, 0.05) is 42.2 Å². The number of benzene rings is 2. The van der Waals surface area contributed by atoms with Crippen molar-refractivity contribution in [1.82, 2.24) is 24.4 Å². The average Bonchev–Trinajstić information content (AvgIpc) is 3.70. The Morgan fingerprint density at radius 3 is 2.46 bits per heavy atom. The minimum Gasteiger partial charge on any atom is -0.385 e. The fourth-order valence-electron chi connectivity index (χ4n) is 5.03. The van der Waals surface area contributed by atoms with Crippen molar-refractivity contribution in [3.8, 4) is 0 Å². The van der Waals surface area contributed by atoms with E-state index in [1.165, 1.54) is 59.8 Å². The summed E-state index contributed by atoms with van der Waals surface area (Å²) in [6.07, 6.45) is 4.57. The molecule has 2 aromatic heterocycles. The van der Waals surface area contributed by atoms with E-state index in [1.807, 2.05) is 25.5 Å². The lowest BCUT2D eigenvalue weighted by atomic mass is 9.85. The Kier molecular flexibility index (Phi) is 11.1. The molecule has 4 rings (SSSR count). The number of aromatic nitrogens is 3. The molecule has 2 heterocycles. The third-order valence-corrected chi connectivity index (χ3v) is 10.1. The first-order chi connectivity index (χ1) is 21.7. The molecule has 1 N–H and O–H groups in total. The van der Waals surface area contributed by atoms with Crippen LogP contribution >= 0.6 is 27.3 Å². The maximum absolute atomic E-state index is 15.9. The fraction of sp³-hybridized carbons (Fsp3) is 0.355. The summed E-state index contributed by atoms with van der Waals surface area (Å²) in [5.41, 5.74) is -2.22. The van der Waals surface area contributed by atoms with Crippen molar-refractivity contribution in [3.05, 3.63) is 98.7 Å². The first kappa shape index (κ1) is 35.3. The van der Waals surface area contributed by atoms with Gasteiger partial charge in [0.15, 0.2) is 0 Å². The first-order valence-corrected chi connectivity index (χ1v) is 17.3. The molecule has 4 aromatic rings. The van der Waals surface area contributed by atoms with Gasteiger partial charge >= 0.3 is 0 Å². The van der Waals surface area contributed by atoms with E-state index in [2.05, 4.69) is 26.0 Å². The van der Waals surface area contributed by atoms with E-state index in [4.69, 9.17) is 4.74 Å². The lowest BCUT2D eigenvalue weighted by molar-refractivity contribution is -0.132. The van der Waals surface area contributed by atoms with Crippen molar-refractivity contribution in [3.63, 3.8) is 0 Å². The van der Waals surface area contributed by atoms with E-state index < -0.39 is 49.3 Å². The van der Waals surface area contributed by atoms with Crippen LogP contribution in [0.4, 0.5) is 8.78 Å². The number of amides is 2. The van der Waals surface area contributed by atoms with Gasteiger partial charge < -0.3 is 9.64 Å². The van der Waals surface area contributed by atoms with Crippen LogP contribution < -0.4 is 4.72 Å². The predicted molar refractivity (Wildman–Crippen MR) is 173 cm³/mol. The zero-order valence-corrected chi connectivity index (χ0v) is 28.9. The largest absolute Gasteiger partial charge is 0.385 e. The second kappa shape index (κ2) is 14.5. The molecule has 0 saturated heterocycles. The number of nitrogens with zero attached hydrogens (tertiary/aromatic N) is 4. The molecular weight excluding hydrogens is 704 g/mol. The third kappa shape index (κ3) is 7.88. The molecule has 0 fully saturated rings. The van der Waals surface area contributed by atoms with Crippen LogP contribution in [0.25, 0.3) is 0 Å². The standard InChI is InChI=1S/C31H34BrF2N5O5S2/c1-30(2,3)22-18-25(34)21(17-23(22)32)28(40)39(19-27-35-13-16-45-27)31(11-7-15-44-4,20-38-14-8-12-36-38)29(41)37-46(42,43)26-10-6-5-9-24(26)33/h5-6,8-10,12-14,16-18H,7,11,15,19-20H2,1-4H3,(H,37,41). The second-order valence-corrected chi connectivity index (χ2v) is 15.1. The van der Waals surface area contributed by atoms with Gasteiger partial charge in [-0.2, -0.15) is 5.10 Å². The zero-order chi connectivity index (χ0) is 33.7. The van der Waals surface area contributed by atoms with Crippen LogP contribution in [0.5, 0.6) is 0 Å². The molecule has 46 heavy (non-hydrogen) atoms. The molecule has 2 amide bonds. The molecular formula is C31H34BrF2N5O5S2. The lowest BCUT2D eigenvalue weighted by Gasteiger charge is -2.42. The van der Waals surface area contributed by atoms with E-state index in [-0.39, 0.29) is 38.1 Å². The van der Waals surface area contributed by atoms with E-state index in [0.29, 0.717) is 15.0 Å². The molecule has 0 aliphatic heterocycles. The van der Waals surface area contributed by atoms with Crippen LogP contribution in [0.3, 0.4) is 0 Å².